The van der Waals surface area contributed by atoms with Crippen molar-refractivity contribution in [3.63, 3.8) is 0 Å². The molecule has 3 N–H and O–H groups in total. The first-order valence-corrected chi connectivity index (χ1v) is 6.04. The van der Waals surface area contributed by atoms with E-state index in [1.54, 1.807) is 12.1 Å². The molecule has 92 valence electrons. The third-order valence-electron chi connectivity index (χ3n) is 2.07. The molecule has 1 aromatic rings. The normalized spacial score (nSPS) is 9.94. The van der Waals surface area contributed by atoms with Gasteiger partial charge in [0.2, 0.25) is 5.91 Å². The number of nitro benzene ring substituents is 1. The summed E-state index contributed by atoms with van der Waals surface area (Å²) >= 11 is 2.02. The zero-order chi connectivity index (χ0) is 12.8. The summed E-state index contributed by atoms with van der Waals surface area (Å²) in [6.07, 6.45) is 0.823. The highest BCUT2D eigenvalue weighted by molar-refractivity contribution is 14.1. The SMILES string of the molecule is NC(=O)CCCNc1ccc(I)cc1[N+](=O)[O-]. The number of hydrogen-bond donors (Lipinski definition) is 2. The smallest absolute Gasteiger partial charge is 0.293 e. The predicted molar refractivity (Wildman–Crippen MR) is 72.7 cm³/mol. The van der Waals surface area contributed by atoms with Crippen LogP contribution in [0, 0.1) is 13.7 Å². The van der Waals surface area contributed by atoms with Crippen LogP contribution in [-0.2, 0) is 4.79 Å². The first-order valence-electron chi connectivity index (χ1n) is 4.97. The molecule has 0 aromatic heterocycles. The first-order chi connectivity index (χ1) is 8.00. The zero-order valence-corrected chi connectivity index (χ0v) is 11.1. The van der Waals surface area contributed by atoms with Gasteiger partial charge in [-0.15, -0.1) is 0 Å². The monoisotopic (exact) mass is 349 g/mol. The summed E-state index contributed by atoms with van der Waals surface area (Å²) in [4.78, 5) is 20.9. The van der Waals surface area contributed by atoms with Gasteiger partial charge in [-0.3, -0.25) is 14.9 Å². The van der Waals surface area contributed by atoms with Crippen molar-refractivity contribution in [1.82, 2.24) is 0 Å². The van der Waals surface area contributed by atoms with Crippen LogP contribution in [0.1, 0.15) is 12.8 Å². The van der Waals surface area contributed by atoms with Crippen molar-refractivity contribution in [2.24, 2.45) is 5.73 Å². The fraction of sp³-hybridized carbons (Fsp3) is 0.300. The highest BCUT2D eigenvalue weighted by Gasteiger charge is 2.13. The van der Waals surface area contributed by atoms with Crippen molar-refractivity contribution < 1.29 is 9.72 Å². The number of nitrogens with zero attached hydrogens (tertiary/aromatic N) is 1. The maximum atomic E-state index is 10.8. The number of nitro groups is 1. The van der Waals surface area contributed by atoms with E-state index in [4.69, 9.17) is 5.73 Å². The van der Waals surface area contributed by atoms with Gasteiger partial charge in [0.15, 0.2) is 0 Å². The second-order valence-corrected chi connectivity index (χ2v) is 4.66. The summed E-state index contributed by atoms with van der Waals surface area (Å²) in [5.41, 5.74) is 5.49. The Bertz CT molecular complexity index is 437. The van der Waals surface area contributed by atoms with Gasteiger partial charge in [-0.05, 0) is 41.1 Å². The lowest BCUT2D eigenvalue weighted by atomic mass is 10.2. The van der Waals surface area contributed by atoms with Crippen LogP contribution in [0.5, 0.6) is 0 Å². The summed E-state index contributed by atoms with van der Waals surface area (Å²) in [5, 5.41) is 13.7. The van der Waals surface area contributed by atoms with Crippen LogP contribution < -0.4 is 11.1 Å². The van der Waals surface area contributed by atoms with E-state index in [0.717, 1.165) is 3.57 Å². The number of halogens is 1. The van der Waals surface area contributed by atoms with Crippen LogP contribution in [0.2, 0.25) is 0 Å². The average Bonchev–Trinajstić information content (AvgIpc) is 2.25. The van der Waals surface area contributed by atoms with Crippen LogP contribution in [0.25, 0.3) is 0 Å². The molecule has 0 bridgehead atoms. The minimum atomic E-state index is -0.432. The van der Waals surface area contributed by atoms with Gasteiger partial charge in [-0.2, -0.15) is 0 Å². The van der Waals surface area contributed by atoms with Gasteiger partial charge in [-0.1, -0.05) is 0 Å². The third-order valence-corrected chi connectivity index (χ3v) is 2.74. The lowest BCUT2D eigenvalue weighted by Crippen LogP contribution is -2.13. The van der Waals surface area contributed by atoms with Gasteiger partial charge in [0.05, 0.1) is 4.92 Å². The maximum absolute atomic E-state index is 10.8. The molecule has 0 atom stereocenters. The molecule has 17 heavy (non-hydrogen) atoms. The highest BCUT2D eigenvalue weighted by atomic mass is 127. The van der Waals surface area contributed by atoms with E-state index >= 15 is 0 Å². The topological polar surface area (TPSA) is 98.3 Å². The Morgan fingerprint density at radius 2 is 2.24 bits per heavy atom. The Labute approximate surface area is 112 Å². The van der Waals surface area contributed by atoms with Crippen molar-refractivity contribution in [3.8, 4) is 0 Å². The van der Waals surface area contributed by atoms with Crippen LogP contribution in [-0.4, -0.2) is 17.4 Å². The number of nitrogens with two attached hydrogens (primary N) is 1. The lowest BCUT2D eigenvalue weighted by molar-refractivity contribution is -0.384. The molecule has 0 unspecified atom stereocenters. The van der Waals surface area contributed by atoms with Gasteiger partial charge >= 0.3 is 0 Å². The van der Waals surface area contributed by atoms with Crippen LogP contribution in [0.15, 0.2) is 18.2 Å². The highest BCUT2D eigenvalue weighted by Crippen LogP contribution is 2.26. The van der Waals surface area contributed by atoms with Crippen LogP contribution >= 0.6 is 22.6 Å². The number of hydrogen-bond acceptors (Lipinski definition) is 4. The van der Waals surface area contributed by atoms with E-state index in [2.05, 4.69) is 5.32 Å². The van der Waals surface area contributed by atoms with Crippen molar-refractivity contribution in [2.75, 3.05) is 11.9 Å². The number of primary amides is 1. The molecule has 7 heteroatoms. The minimum Gasteiger partial charge on any atom is -0.379 e. The average molecular weight is 349 g/mol. The summed E-state index contributed by atoms with van der Waals surface area (Å²) in [7, 11) is 0. The minimum absolute atomic E-state index is 0.0379. The summed E-state index contributed by atoms with van der Waals surface area (Å²) in [6.45, 7) is 0.477. The maximum Gasteiger partial charge on any atom is 0.293 e. The fourth-order valence-electron chi connectivity index (χ4n) is 1.29. The third kappa shape index (κ3) is 4.55. The Hall–Kier alpha value is -1.38. The number of carbonyl (C=O) groups excluding carboxylic acids is 1. The number of nitrogens with one attached hydrogen (secondary N) is 1. The molecule has 0 saturated heterocycles. The standard InChI is InChI=1S/C10H12IN3O3/c11-7-3-4-8(9(6-7)14(16)17)13-5-1-2-10(12)15/h3-4,6,13H,1-2,5H2,(H2,12,15). The molecule has 0 spiro atoms. The van der Waals surface area contributed by atoms with Gasteiger partial charge in [0.25, 0.3) is 5.69 Å². The second-order valence-electron chi connectivity index (χ2n) is 3.42. The molecule has 0 saturated carbocycles. The van der Waals surface area contributed by atoms with Crippen molar-refractivity contribution in [2.45, 2.75) is 12.8 Å². The molecule has 0 heterocycles. The molecule has 0 radical (unpaired) electrons. The van der Waals surface area contributed by atoms with E-state index in [1.165, 1.54) is 6.07 Å². The van der Waals surface area contributed by atoms with Crippen LogP contribution in [0.3, 0.4) is 0 Å². The molecule has 0 aliphatic heterocycles. The number of anilines is 1. The Morgan fingerprint density at radius 3 is 2.82 bits per heavy atom. The number of amides is 1. The summed E-state index contributed by atoms with van der Waals surface area (Å²) in [6, 6.07) is 4.94. The van der Waals surface area contributed by atoms with Gasteiger partial charge in [0, 0.05) is 22.6 Å². The molecular weight excluding hydrogens is 337 g/mol. The van der Waals surface area contributed by atoms with E-state index in [0.29, 0.717) is 18.7 Å². The van der Waals surface area contributed by atoms with E-state index in [1.807, 2.05) is 22.6 Å². The number of benzene rings is 1. The molecule has 0 fully saturated rings. The van der Waals surface area contributed by atoms with E-state index in [-0.39, 0.29) is 18.0 Å². The molecule has 1 aromatic carbocycles. The quantitative estimate of drug-likeness (QED) is 0.355. The Kier molecular flexibility index (Phi) is 5.13. The van der Waals surface area contributed by atoms with Crippen molar-refractivity contribution in [3.05, 3.63) is 31.9 Å². The molecule has 0 aliphatic rings. The number of carbonyl (C=O) groups is 1. The van der Waals surface area contributed by atoms with Crippen molar-refractivity contribution in [1.29, 1.82) is 0 Å². The van der Waals surface area contributed by atoms with E-state index in [9.17, 15) is 14.9 Å². The number of rotatable bonds is 6. The summed E-state index contributed by atoms with van der Waals surface area (Å²) in [5.74, 6) is -0.371. The Balaban J connectivity index is 2.64. The van der Waals surface area contributed by atoms with Gasteiger partial charge < -0.3 is 11.1 Å². The molecule has 1 rings (SSSR count). The molecular formula is C10H12IN3O3. The molecule has 0 aliphatic carbocycles. The van der Waals surface area contributed by atoms with Gasteiger partial charge in [-0.25, -0.2) is 0 Å². The molecule has 6 nitrogen and oxygen atoms in total. The second kappa shape index (κ2) is 6.38. The van der Waals surface area contributed by atoms with Gasteiger partial charge in [0.1, 0.15) is 5.69 Å². The fourth-order valence-corrected chi connectivity index (χ4v) is 1.77. The Morgan fingerprint density at radius 1 is 1.53 bits per heavy atom. The van der Waals surface area contributed by atoms with E-state index < -0.39 is 4.92 Å². The molecule has 1 amide bonds. The first kappa shape index (κ1) is 13.7. The summed E-state index contributed by atoms with van der Waals surface area (Å²) < 4.78 is 0.803. The predicted octanol–water partition coefficient (Wildman–Crippen LogP) is 1.88. The largest absolute Gasteiger partial charge is 0.379 e. The van der Waals surface area contributed by atoms with Crippen LogP contribution in [0.4, 0.5) is 11.4 Å². The van der Waals surface area contributed by atoms with Crippen molar-refractivity contribution >= 4 is 39.9 Å². The lowest BCUT2D eigenvalue weighted by Gasteiger charge is -2.06. The zero-order valence-electron chi connectivity index (χ0n) is 8.98.